The lowest BCUT2D eigenvalue weighted by Crippen LogP contribution is -2.32. The second kappa shape index (κ2) is 8.11. The molecule has 4 nitrogen and oxygen atoms in total. The minimum Gasteiger partial charge on any atom is -0.497 e. The van der Waals surface area contributed by atoms with Gasteiger partial charge < -0.3 is 19.1 Å². The smallest absolute Gasteiger partial charge is 0.127 e. The van der Waals surface area contributed by atoms with Gasteiger partial charge in [-0.3, -0.25) is 0 Å². The quantitative estimate of drug-likeness (QED) is 0.509. The predicted molar refractivity (Wildman–Crippen MR) is 121 cm³/mol. The normalized spacial score (nSPS) is 17.6. The highest BCUT2D eigenvalue weighted by Crippen LogP contribution is 2.48. The molecule has 0 aliphatic carbocycles. The molecule has 1 aliphatic heterocycles. The molecule has 3 aromatic carbocycles. The molecule has 0 bridgehead atoms. The molecule has 3 aromatic rings. The zero-order valence-electron chi connectivity index (χ0n) is 17.7. The number of methoxy groups -OCH3 is 3. The Hall–Kier alpha value is -2.85. The van der Waals surface area contributed by atoms with Gasteiger partial charge in [-0.1, -0.05) is 29.8 Å². The molecule has 1 heterocycles. The van der Waals surface area contributed by atoms with Gasteiger partial charge in [-0.15, -0.1) is 0 Å². The minimum atomic E-state index is -0.262. The molecule has 30 heavy (non-hydrogen) atoms. The lowest BCUT2D eigenvalue weighted by Gasteiger charge is -2.28. The fourth-order valence-electron chi connectivity index (χ4n) is 4.38. The number of benzene rings is 3. The fourth-order valence-corrected chi connectivity index (χ4v) is 4.72. The molecular weight excluding hydrogens is 398 g/mol. The first-order chi connectivity index (χ1) is 14.5. The summed E-state index contributed by atoms with van der Waals surface area (Å²) in [6.45, 7) is 3.76. The van der Waals surface area contributed by atoms with E-state index in [1.54, 1.807) is 21.3 Å². The zero-order chi connectivity index (χ0) is 21.3. The standard InChI is InChI=1S/C25H26ClNO3/c1-25(20-7-5-6-8-22(20)26)16-27(23-12-11-18(28-2)13-21(23)25)15-17-9-10-19(29-3)14-24(17)30-4/h5-14H,15-16H2,1-4H3. The predicted octanol–water partition coefficient (Wildman–Crippen LogP) is 5.69. The van der Waals surface area contributed by atoms with Crippen molar-refractivity contribution in [3.05, 3.63) is 82.4 Å². The molecule has 5 heteroatoms. The SMILES string of the molecule is COc1ccc(CN2CC(C)(c3ccccc3Cl)c3cc(OC)ccc32)c(OC)c1. The molecule has 0 aromatic heterocycles. The number of rotatable bonds is 6. The number of anilines is 1. The molecule has 1 atom stereocenters. The van der Waals surface area contributed by atoms with Crippen LogP contribution >= 0.6 is 11.6 Å². The van der Waals surface area contributed by atoms with Crippen LogP contribution < -0.4 is 19.1 Å². The molecule has 0 radical (unpaired) electrons. The molecule has 0 saturated carbocycles. The average Bonchev–Trinajstić information content (AvgIpc) is 3.06. The van der Waals surface area contributed by atoms with Crippen molar-refractivity contribution >= 4 is 17.3 Å². The van der Waals surface area contributed by atoms with Gasteiger partial charge in [0.2, 0.25) is 0 Å². The maximum absolute atomic E-state index is 6.64. The molecule has 0 N–H and O–H groups in total. The summed E-state index contributed by atoms with van der Waals surface area (Å²) in [5.41, 5.74) is 4.34. The van der Waals surface area contributed by atoms with E-state index in [1.807, 2.05) is 36.4 Å². The van der Waals surface area contributed by atoms with Gasteiger partial charge in [0.25, 0.3) is 0 Å². The Morgan fingerprint density at radius 3 is 2.27 bits per heavy atom. The van der Waals surface area contributed by atoms with Crippen molar-refractivity contribution in [2.75, 3.05) is 32.8 Å². The first-order valence-electron chi connectivity index (χ1n) is 9.89. The van der Waals surface area contributed by atoms with Gasteiger partial charge in [0.1, 0.15) is 17.2 Å². The van der Waals surface area contributed by atoms with E-state index in [-0.39, 0.29) is 5.41 Å². The fraction of sp³-hybridized carbons (Fsp3) is 0.280. The molecule has 0 fully saturated rings. The Labute approximate surface area is 182 Å². The van der Waals surface area contributed by atoms with Gasteiger partial charge in [-0.2, -0.15) is 0 Å². The van der Waals surface area contributed by atoms with E-state index in [0.717, 1.165) is 39.9 Å². The summed E-state index contributed by atoms with van der Waals surface area (Å²) in [6, 6.07) is 20.3. The van der Waals surface area contributed by atoms with E-state index in [2.05, 4.69) is 36.1 Å². The van der Waals surface area contributed by atoms with Crippen molar-refractivity contribution in [2.24, 2.45) is 0 Å². The average molecular weight is 424 g/mol. The van der Waals surface area contributed by atoms with Gasteiger partial charge >= 0.3 is 0 Å². The Morgan fingerprint density at radius 2 is 1.57 bits per heavy atom. The summed E-state index contributed by atoms with van der Waals surface area (Å²) < 4.78 is 16.5. The van der Waals surface area contributed by atoms with E-state index < -0.39 is 0 Å². The summed E-state index contributed by atoms with van der Waals surface area (Å²) in [6.07, 6.45) is 0. The van der Waals surface area contributed by atoms with E-state index in [4.69, 9.17) is 25.8 Å². The van der Waals surface area contributed by atoms with Crippen LogP contribution in [0, 0.1) is 0 Å². The number of halogens is 1. The van der Waals surface area contributed by atoms with Gasteiger partial charge in [0.15, 0.2) is 0 Å². The molecular formula is C25H26ClNO3. The van der Waals surface area contributed by atoms with E-state index in [0.29, 0.717) is 6.54 Å². The summed E-state index contributed by atoms with van der Waals surface area (Å²) in [5, 5.41) is 0.776. The van der Waals surface area contributed by atoms with Crippen LogP contribution in [0.25, 0.3) is 0 Å². The Morgan fingerprint density at radius 1 is 0.867 bits per heavy atom. The van der Waals surface area contributed by atoms with Crippen molar-refractivity contribution in [2.45, 2.75) is 18.9 Å². The lowest BCUT2D eigenvalue weighted by molar-refractivity contribution is 0.390. The number of nitrogens with zero attached hydrogens (tertiary/aromatic N) is 1. The summed E-state index contributed by atoms with van der Waals surface area (Å²) >= 11 is 6.64. The molecule has 1 unspecified atom stereocenters. The number of hydrogen-bond acceptors (Lipinski definition) is 4. The van der Waals surface area contributed by atoms with Crippen LogP contribution in [0.15, 0.2) is 60.7 Å². The van der Waals surface area contributed by atoms with Crippen molar-refractivity contribution in [1.29, 1.82) is 0 Å². The highest BCUT2D eigenvalue weighted by atomic mass is 35.5. The Balaban J connectivity index is 1.78. The summed E-state index contributed by atoms with van der Waals surface area (Å²) in [5.74, 6) is 2.44. The van der Waals surface area contributed by atoms with Crippen LogP contribution in [0.5, 0.6) is 17.2 Å². The van der Waals surface area contributed by atoms with Crippen molar-refractivity contribution in [1.82, 2.24) is 0 Å². The van der Waals surface area contributed by atoms with Crippen molar-refractivity contribution < 1.29 is 14.2 Å². The molecule has 0 amide bonds. The van der Waals surface area contributed by atoms with Crippen LogP contribution in [0.4, 0.5) is 5.69 Å². The Bertz CT molecular complexity index is 1070. The lowest BCUT2D eigenvalue weighted by atomic mass is 9.78. The zero-order valence-corrected chi connectivity index (χ0v) is 18.5. The van der Waals surface area contributed by atoms with E-state index in [1.165, 1.54) is 11.3 Å². The third-order valence-electron chi connectivity index (χ3n) is 5.97. The summed E-state index contributed by atoms with van der Waals surface area (Å²) in [7, 11) is 5.05. The van der Waals surface area contributed by atoms with Gasteiger partial charge in [-0.25, -0.2) is 0 Å². The number of ether oxygens (including phenoxy) is 3. The maximum Gasteiger partial charge on any atom is 0.127 e. The van der Waals surface area contributed by atoms with Gasteiger partial charge in [0, 0.05) is 40.8 Å². The molecule has 4 rings (SSSR count). The second-order valence-corrected chi connectivity index (χ2v) is 8.14. The number of fused-ring (bicyclic) bond motifs is 1. The van der Waals surface area contributed by atoms with Gasteiger partial charge in [-0.05, 0) is 54.4 Å². The Kier molecular flexibility index (Phi) is 5.52. The van der Waals surface area contributed by atoms with Gasteiger partial charge in [0.05, 0.1) is 21.3 Å². The topological polar surface area (TPSA) is 30.9 Å². The minimum absolute atomic E-state index is 0.262. The second-order valence-electron chi connectivity index (χ2n) is 7.73. The molecule has 156 valence electrons. The van der Waals surface area contributed by atoms with Crippen molar-refractivity contribution in [3.63, 3.8) is 0 Å². The maximum atomic E-state index is 6.64. The van der Waals surface area contributed by atoms with Crippen LogP contribution in [0.2, 0.25) is 5.02 Å². The largest absolute Gasteiger partial charge is 0.497 e. The van der Waals surface area contributed by atoms with Crippen LogP contribution in [-0.4, -0.2) is 27.9 Å². The number of hydrogen-bond donors (Lipinski definition) is 0. The first kappa shape index (κ1) is 20.4. The third-order valence-corrected chi connectivity index (χ3v) is 6.30. The van der Waals surface area contributed by atoms with E-state index >= 15 is 0 Å². The molecule has 0 saturated heterocycles. The highest BCUT2D eigenvalue weighted by molar-refractivity contribution is 6.31. The van der Waals surface area contributed by atoms with E-state index in [9.17, 15) is 0 Å². The van der Waals surface area contributed by atoms with Crippen LogP contribution in [-0.2, 0) is 12.0 Å². The monoisotopic (exact) mass is 423 g/mol. The highest BCUT2D eigenvalue weighted by Gasteiger charge is 2.41. The van der Waals surface area contributed by atoms with Crippen molar-refractivity contribution in [3.8, 4) is 17.2 Å². The molecule has 0 spiro atoms. The van der Waals surface area contributed by atoms with Crippen LogP contribution in [0.3, 0.4) is 0 Å². The van der Waals surface area contributed by atoms with Crippen LogP contribution in [0.1, 0.15) is 23.6 Å². The summed E-state index contributed by atoms with van der Waals surface area (Å²) in [4.78, 5) is 2.38. The first-order valence-corrected chi connectivity index (χ1v) is 10.3. The molecule has 1 aliphatic rings. The third kappa shape index (κ3) is 3.46.